The lowest BCUT2D eigenvalue weighted by Crippen LogP contribution is -2.23. The molecule has 1 aromatic carbocycles. The van der Waals surface area contributed by atoms with Crippen molar-refractivity contribution in [2.45, 2.75) is 25.9 Å². The lowest BCUT2D eigenvalue weighted by molar-refractivity contribution is 0.0613. The molecule has 0 aliphatic rings. The number of hydrogen-bond acceptors (Lipinski definition) is 2. The van der Waals surface area contributed by atoms with Crippen LogP contribution in [0.25, 0.3) is 0 Å². The summed E-state index contributed by atoms with van der Waals surface area (Å²) in [7, 11) is 0. The molecule has 2 aromatic rings. The van der Waals surface area contributed by atoms with Crippen molar-refractivity contribution in [1.82, 2.24) is 0 Å². The third-order valence-electron chi connectivity index (χ3n) is 2.89. The van der Waals surface area contributed by atoms with Crippen LogP contribution in [0.3, 0.4) is 0 Å². The van der Waals surface area contributed by atoms with Gasteiger partial charge in [-0.3, -0.25) is 0 Å². The fourth-order valence-electron chi connectivity index (χ4n) is 1.90. The summed E-state index contributed by atoms with van der Waals surface area (Å²) in [5, 5.41) is 12.4. The lowest BCUT2D eigenvalue weighted by Gasteiger charge is -2.23. The molecule has 0 aliphatic carbocycles. The summed E-state index contributed by atoms with van der Waals surface area (Å²) in [5.74, 6) is -0.234. The molecule has 2 rings (SSSR count). The predicted molar refractivity (Wildman–Crippen MR) is 68.7 cm³/mol. The van der Waals surface area contributed by atoms with Crippen molar-refractivity contribution in [3.63, 3.8) is 0 Å². The number of hydrogen-bond donors (Lipinski definition) is 1. The molecule has 0 bridgehead atoms. The van der Waals surface area contributed by atoms with Crippen LogP contribution in [0.2, 0.25) is 0 Å². The van der Waals surface area contributed by atoms with Gasteiger partial charge in [0, 0.05) is 11.3 Å². The van der Waals surface area contributed by atoms with Crippen LogP contribution in [0.1, 0.15) is 22.9 Å². The van der Waals surface area contributed by atoms with Crippen LogP contribution >= 0.6 is 11.3 Å². The molecule has 1 heterocycles. The van der Waals surface area contributed by atoms with Gasteiger partial charge in [0.1, 0.15) is 5.82 Å². The summed E-state index contributed by atoms with van der Waals surface area (Å²) >= 11 is 1.53. The molecule has 3 heteroatoms. The fourth-order valence-corrected chi connectivity index (χ4v) is 2.69. The highest BCUT2D eigenvalue weighted by Gasteiger charge is 2.25. The monoisotopic (exact) mass is 250 g/mol. The normalized spacial score (nSPS) is 14.6. The number of aliphatic hydroxyl groups is 1. The van der Waals surface area contributed by atoms with Crippen LogP contribution < -0.4 is 0 Å². The van der Waals surface area contributed by atoms with E-state index in [1.165, 1.54) is 23.5 Å². The Morgan fingerprint density at radius 2 is 2.12 bits per heavy atom. The minimum absolute atomic E-state index is 0.234. The fraction of sp³-hybridized carbons (Fsp3) is 0.286. The molecule has 1 nitrogen and oxygen atoms in total. The van der Waals surface area contributed by atoms with Gasteiger partial charge in [0.25, 0.3) is 0 Å². The summed E-state index contributed by atoms with van der Waals surface area (Å²) in [5.41, 5.74) is 0.961. The number of benzene rings is 1. The third kappa shape index (κ3) is 2.73. The molecule has 0 saturated carbocycles. The summed E-state index contributed by atoms with van der Waals surface area (Å²) in [6.45, 7) is 3.66. The van der Waals surface area contributed by atoms with Crippen molar-refractivity contribution in [2.75, 3.05) is 0 Å². The standard InChI is InChI=1S/C14H15FOS/c1-10-8-12(15)6-5-11(10)9-14(2,16)13-4-3-7-17-13/h3-8,16H,9H2,1-2H3. The highest BCUT2D eigenvalue weighted by molar-refractivity contribution is 7.10. The first-order valence-corrected chi connectivity index (χ1v) is 6.38. The van der Waals surface area contributed by atoms with Crippen molar-refractivity contribution in [1.29, 1.82) is 0 Å². The molecule has 1 N–H and O–H groups in total. The van der Waals surface area contributed by atoms with Gasteiger partial charge in [-0.25, -0.2) is 4.39 Å². The molecule has 0 fully saturated rings. The van der Waals surface area contributed by atoms with E-state index >= 15 is 0 Å². The Balaban J connectivity index is 2.26. The molecule has 90 valence electrons. The predicted octanol–water partition coefficient (Wildman–Crippen LogP) is 3.65. The quantitative estimate of drug-likeness (QED) is 0.881. The average molecular weight is 250 g/mol. The second kappa shape index (κ2) is 4.59. The van der Waals surface area contributed by atoms with Crippen LogP contribution in [0.5, 0.6) is 0 Å². The van der Waals surface area contributed by atoms with Gasteiger partial charge in [-0.2, -0.15) is 0 Å². The van der Waals surface area contributed by atoms with Gasteiger partial charge in [-0.15, -0.1) is 11.3 Å². The Hall–Kier alpha value is -1.19. The molecular formula is C14H15FOS. The molecule has 0 aliphatic heterocycles. The van der Waals surface area contributed by atoms with E-state index in [2.05, 4.69) is 0 Å². The molecule has 0 radical (unpaired) electrons. The zero-order valence-electron chi connectivity index (χ0n) is 9.90. The summed E-state index contributed by atoms with van der Waals surface area (Å²) in [4.78, 5) is 0.932. The maximum atomic E-state index is 13.0. The van der Waals surface area contributed by atoms with Crippen molar-refractivity contribution >= 4 is 11.3 Å². The van der Waals surface area contributed by atoms with Crippen molar-refractivity contribution < 1.29 is 9.50 Å². The number of aryl methyl sites for hydroxylation is 1. The van der Waals surface area contributed by atoms with E-state index in [9.17, 15) is 9.50 Å². The van der Waals surface area contributed by atoms with Gasteiger partial charge in [0.05, 0.1) is 5.60 Å². The Labute approximate surface area is 105 Å². The highest BCUT2D eigenvalue weighted by Crippen LogP contribution is 2.29. The molecule has 0 amide bonds. The molecule has 1 atom stereocenters. The number of rotatable bonds is 3. The Morgan fingerprint density at radius 3 is 2.71 bits per heavy atom. The first kappa shape index (κ1) is 12.3. The number of halogens is 1. The maximum absolute atomic E-state index is 13.0. The van der Waals surface area contributed by atoms with E-state index in [4.69, 9.17) is 0 Å². The maximum Gasteiger partial charge on any atom is 0.123 e. The molecule has 17 heavy (non-hydrogen) atoms. The zero-order chi connectivity index (χ0) is 12.5. The van der Waals surface area contributed by atoms with Crippen molar-refractivity contribution in [3.05, 3.63) is 57.5 Å². The second-order valence-electron chi connectivity index (χ2n) is 4.50. The van der Waals surface area contributed by atoms with Gasteiger partial charge in [-0.1, -0.05) is 12.1 Å². The van der Waals surface area contributed by atoms with Crippen LogP contribution in [-0.4, -0.2) is 5.11 Å². The first-order chi connectivity index (χ1) is 7.99. The Bertz CT molecular complexity index is 503. The average Bonchev–Trinajstić information content (AvgIpc) is 2.76. The minimum atomic E-state index is -0.892. The molecule has 0 saturated heterocycles. The van der Waals surface area contributed by atoms with Gasteiger partial charge in [-0.05, 0) is 48.6 Å². The topological polar surface area (TPSA) is 20.2 Å². The van der Waals surface area contributed by atoms with Crippen molar-refractivity contribution in [3.8, 4) is 0 Å². The Morgan fingerprint density at radius 1 is 1.35 bits per heavy atom. The first-order valence-electron chi connectivity index (χ1n) is 5.50. The van der Waals surface area contributed by atoms with Crippen LogP contribution in [0.4, 0.5) is 4.39 Å². The van der Waals surface area contributed by atoms with Gasteiger partial charge >= 0.3 is 0 Å². The smallest absolute Gasteiger partial charge is 0.123 e. The molecule has 1 unspecified atom stereocenters. The molecule has 0 spiro atoms. The van der Waals surface area contributed by atoms with E-state index in [1.54, 1.807) is 13.0 Å². The van der Waals surface area contributed by atoms with Crippen molar-refractivity contribution in [2.24, 2.45) is 0 Å². The van der Waals surface area contributed by atoms with Crippen LogP contribution in [0.15, 0.2) is 35.7 Å². The SMILES string of the molecule is Cc1cc(F)ccc1CC(C)(O)c1cccs1. The van der Waals surface area contributed by atoms with E-state index in [-0.39, 0.29) is 5.82 Å². The third-order valence-corrected chi connectivity index (χ3v) is 4.01. The molecular weight excluding hydrogens is 235 g/mol. The zero-order valence-corrected chi connectivity index (χ0v) is 10.7. The number of thiophene rings is 1. The summed E-state index contributed by atoms with van der Waals surface area (Å²) < 4.78 is 13.0. The van der Waals surface area contributed by atoms with Gasteiger partial charge in [0.2, 0.25) is 0 Å². The van der Waals surface area contributed by atoms with Crippen LogP contribution in [-0.2, 0) is 12.0 Å². The largest absolute Gasteiger partial charge is 0.384 e. The lowest BCUT2D eigenvalue weighted by atomic mass is 9.92. The van der Waals surface area contributed by atoms with E-state index in [1.807, 2.05) is 24.4 Å². The van der Waals surface area contributed by atoms with E-state index in [0.717, 1.165) is 16.0 Å². The van der Waals surface area contributed by atoms with Gasteiger partial charge < -0.3 is 5.11 Å². The van der Waals surface area contributed by atoms with Crippen LogP contribution in [0, 0.1) is 12.7 Å². The molecule has 1 aromatic heterocycles. The minimum Gasteiger partial charge on any atom is -0.384 e. The summed E-state index contributed by atoms with van der Waals surface area (Å²) in [6, 6.07) is 8.52. The van der Waals surface area contributed by atoms with E-state index < -0.39 is 5.60 Å². The second-order valence-corrected chi connectivity index (χ2v) is 5.45. The van der Waals surface area contributed by atoms with Gasteiger partial charge in [0.15, 0.2) is 0 Å². The highest BCUT2D eigenvalue weighted by atomic mass is 32.1. The summed E-state index contributed by atoms with van der Waals surface area (Å²) in [6.07, 6.45) is 0.500. The van der Waals surface area contributed by atoms with E-state index in [0.29, 0.717) is 6.42 Å². The Kier molecular flexibility index (Phi) is 3.31.